The van der Waals surface area contributed by atoms with Crippen molar-refractivity contribution in [2.24, 2.45) is 5.92 Å². The zero-order valence-corrected chi connectivity index (χ0v) is 8.48. The van der Waals surface area contributed by atoms with Gasteiger partial charge < -0.3 is 0 Å². The van der Waals surface area contributed by atoms with Gasteiger partial charge in [-0.05, 0) is 26.2 Å². The van der Waals surface area contributed by atoms with Crippen LogP contribution < -0.4 is 0 Å². The monoisotopic (exact) mass is 154 g/mol. The third-order valence-electron chi connectivity index (χ3n) is 1.88. The van der Waals surface area contributed by atoms with E-state index < -0.39 is 0 Å². The van der Waals surface area contributed by atoms with Crippen molar-refractivity contribution < 1.29 is 0 Å². The van der Waals surface area contributed by atoms with Crippen LogP contribution in [0.25, 0.3) is 0 Å². The van der Waals surface area contributed by atoms with E-state index in [1.807, 2.05) is 0 Å². The van der Waals surface area contributed by atoms with E-state index >= 15 is 0 Å². The van der Waals surface area contributed by atoms with E-state index in [0.29, 0.717) is 0 Å². The average molecular weight is 154 g/mol. The fourth-order valence-corrected chi connectivity index (χ4v) is 1.37. The first-order valence-corrected chi connectivity index (χ1v) is 4.81. The highest BCUT2D eigenvalue weighted by molar-refractivity contribution is 4.95. The summed E-state index contributed by atoms with van der Waals surface area (Å²) in [6.07, 6.45) is 7.85. The summed E-state index contributed by atoms with van der Waals surface area (Å²) in [6.45, 7) is 8.92. The Morgan fingerprint density at radius 1 is 1.27 bits per heavy atom. The average Bonchev–Trinajstić information content (AvgIpc) is 1.86. The van der Waals surface area contributed by atoms with E-state index in [2.05, 4.69) is 33.8 Å². The molecular weight excluding hydrogens is 132 g/mol. The molecular formula is C11H22. The number of hydrogen-bond acceptors (Lipinski definition) is 0. The smallest absolute Gasteiger partial charge is 0.0259 e. The van der Waals surface area contributed by atoms with E-state index in [4.69, 9.17) is 0 Å². The molecule has 0 N–H and O–H groups in total. The predicted molar refractivity (Wildman–Crippen MR) is 52.7 cm³/mol. The van der Waals surface area contributed by atoms with E-state index in [-0.39, 0.29) is 0 Å². The molecule has 0 aromatic heterocycles. The lowest BCUT2D eigenvalue weighted by Gasteiger charge is -2.05. The van der Waals surface area contributed by atoms with Gasteiger partial charge in [0.1, 0.15) is 0 Å². The van der Waals surface area contributed by atoms with Crippen LogP contribution in [0.4, 0.5) is 0 Å². The number of allylic oxidation sites excluding steroid dienone is 2. The van der Waals surface area contributed by atoms with E-state index in [1.54, 1.807) is 0 Å². The molecule has 0 spiro atoms. The fourth-order valence-electron chi connectivity index (χ4n) is 1.37. The quantitative estimate of drug-likeness (QED) is 0.412. The van der Waals surface area contributed by atoms with Gasteiger partial charge in [0, 0.05) is 0 Å². The molecule has 0 saturated carbocycles. The molecule has 0 bridgehead atoms. The summed E-state index contributed by atoms with van der Waals surface area (Å²) in [7, 11) is 0. The molecule has 0 radical (unpaired) electrons. The molecule has 0 amide bonds. The highest BCUT2D eigenvalue weighted by atomic mass is 14.0. The van der Waals surface area contributed by atoms with Crippen LogP contribution in [0.3, 0.4) is 0 Å². The predicted octanol–water partition coefficient (Wildman–Crippen LogP) is 4.17. The number of rotatable bonds is 5. The van der Waals surface area contributed by atoms with Gasteiger partial charge in [-0.3, -0.25) is 0 Å². The van der Waals surface area contributed by atoms with Gasteiger partial charge in [-0.15, -0.1) is 0 Å². The Balaban J connectivity index is 3.37. The summed E-state index contributed by atoms with van der Waals surface area (Å²) in [5.74, 6) is 0.784. The third-order valence-corrected chi connectivity index (χ3v) is 1.88. The van der Waals surface area contributed by atoms with Crippen LogP contribution >= 0.6 is 0 Å². The maximum absolute atomic E-state index is 2.37. The molecule has 0 nitrogen and oxygen atoms in total. The van der Waals surface area contributed by atoms with Crippen molar-refractivity contribution in [1.29, 1.82) is 0 Å². The maximum Gasteiger partial charge on any atom is -0.0259 e. The summed E-state index contributed by atoms with van der Waals surface area (Å²) in [5.41, 5.74) is 1.45. The lowest BCUT2D eigenvalue weighted by molar-refractivity contribution is 0.573. The van der Waals surface area contributed by atoms with Crippen molar-refractivity contribution in [1.82, 2.24) is 0 Å². The molecule has 0 aliphatic carbocycles. The standard InChI is InChI=1S/C11H22/c1-5-6-7-8-11(4)9-10(2)3/h9,11H,5-8H2,1-4H3. The summed E-state index contributed by atoms with van der Waals surface area (Å²) in [5, 5.41) is 0. The lowest BCUT2D eigenvalue weighted by Crippen LogP contribution is -1.90. The van der Waals surface area contributed by atoms with Crippen molar-refractivity contribution in [2.75, 3.05) is 0 Å². The minimum Gasteiger partial charge on any atom is -0.0830 e. The molecule has 0 aromatic carbocycles. The van der Waals surface area contributed by atoms with Crippen LogP contribution in [-0.2, 0) is 0 Å². The van der Waals surface area contributed by atoms with Gasteiger partial charge >= 0.3 is 0 Å². The van der Waals surface area contributed by atoms with Crippen LogP contribution in [0.1, 0.15) is 53.4 Å². The normalized spacial score (nSPS) is 12.7. The van der Waals surface area contributed by atoms with Crippen LogP contribution in [0.5, 0.6) is 0 Å². The van der Waals surface area contributed by atoms with Crippen LogP contribution in [0, 0.1) is 5.92 Å². The highest BCUT2D eigenvalue weighted by Gasteiger charge is 1.96. The molecule has 0 heterocycles. The second-order valence-corrected chi connectivity index (χ2v) is 3.72. The summed E-state index contributed by atoms with van der Waals surface area (Å²) in [4.78, 5) is 0. The Morgan fingerprint density at radius 2 is 1.91 bits per heavy atom. The second-order valence-electron chi connectivity index (χ2n) is 3.72. The fraction of sp³-hybridized carbons (Fsp3) is 0.818. The van der Waals surface area contributed by atoms with Gasteiger partial charge in [-0.2, -0.15) is 0 Å². The highest BCUT2D eigenvalue weighted by Crippen LogP contribution is 2.11. The van der Waals surface area contributed by atoms with Gasteiger partial charge in [0.2, 0.25) is 0 Å². The SMILES string of the molecule is CCCCCC(C)C=C(C)C. The zero-order valence-electron chi connectivity index (χ0n) is 8.48. The first-order valence-electron chi connectivity index (χ1n) is 4.81. The van der Waals surface area contributed by atoms with Crippen LogP contribution in [0.2, 0.25) is 0 Å². The molecule has 11 heavy (non-hydrogen) atoms. The Hall–Kier alpha value is -0.260. The Kier molecular flexibility index (Phi) is 6.30. The molecule has 1 atom stereocenters. The minimum absolute atomic E-state index is 0.784. The summed E-state index contributed by atoms with van der Waals surface area (Å²) in [6, 6.07) is 0. The molecule has 1 unspecified atom stereocenters. The van der Waals surface area contributed by atoms with E-state index in [9.17, 15) is 0 Å². The topological polar surface area (TPSA) is 0 Å². The van der Waals surface area contributed by atoms with Gasteiger partial charge in [0.15, 0.2) is 0 Å². The van der Waals surface area contributed by atoms with Crippen LogP contribution in [0.15, 0.2) is 11.6 Å². The summed E-state index contributed by atoms with van der Waals surface area (Å²) >= 11 is 0. The molecule has 0 fully saturated rings. The zero-order chi connectivity index (χ0) is 8.69. The van der Waals surface area contributed by atoms with Crippen molar-refractivity contribution in [3.63, 3.8) is 0 Å². The first kappa shape index (κ1) is 10.7. The van der Waals surface area contributed by atoms with Crippen molar-refractivity contribution >= 4 is 0 Å². The second kappa shape index (κ2) is 6.45. The molecule has 0 heteroatoms. The van der Waals surface area contributed by atoms with Gasteiger partial charge in [0.05, 0.1) is 0 Å². The van der Waals surface area contributed by atoms with Gasteiger partial charge in [-0.1, -0.05) is 44.8 Å². The minimum atomic E-state index is 0.784. The molecule has 0 aliphatic heterocycles. The maximum atomic E-state index is 2.37. The Labute approximate surface area is 71.7 Å². The molecule has 0 aliphatic rings. The van der Waals surface area contributed by atoms with E-state index in [0.717, 1.165) is 5.92 Å². The van der Waals surface area contributed by atoms with Crippen molar-refractivity contribution in [3.8, 4) is 0 Å². The molecule has 0 saturated heterocycles. The van der Waals surface area contributed by atoms with Gasteiger partial charge in [0.25, 0.3) is 0 Å². The molecule has 66 valence electrons. The third kappa shape index (κ3) is 7.64. The lowest BCUT2D eigenvalue weighted by atomic mass is 10.0. The molecule has 0 aromatic rings. The number of unbranched alkanes of at least 4 members (excludes halogenated alkanes) is 2. The van der Waals surface area contributed by atoms with Gasteiger partial charge in [-0.25, -0.2) is 0 Å². The number of hydrogen-bond donors (Lipinski definition) is 0. The van der Waals surface area contributed by atoms with Crippen LogP contribution in [-0.4, -0.2) is 0 Å². The van der Waals surface area contributed by atoms with E-state index in [1.165, 1.54) is 31.3 Å². The van der Waals surface area contributed by atoms with Crippen molar-refractivity contribution in [2.45, 2.75) is 53.4 Å². The molecule has 0 rings (SSSR count). The Morgan fingerprint density at radius 3 is 2.36 bits per heavy atom. The summed E-state index contributed by atoms with van der Waals surface area (Å²) < 4.78 is 0. The Bertz CT molecular complexity index is 107. The first-order chi connectivity index (χ1) is 5.16. The largest absolute Gasteiger partial charge is 0.0830 e. The van der Waals surface area contributed by atoms with Crippen molar-refractivity contribution in [3.05, 3.63) is 11.6 Å².